The van der Waals surface area contributed by atoms with Crippen LogP contribution in [0.15, 0.2) is 42.6 Å². The molecule has 2 nitrogen and oxygen atoms in total. The molecule has 0 bridgehead atoms. The molecule has 0 aliphatic carbocycles. The summed E-state index contributed by atoms with van der Waals surface area (Å²) in [7, 11) is 0. The maximum absolute atomic E-state index is 12.4. The number of benzene rings is 1. The molecule has 0 aliphatic rings. The molecule has 0 fully saturated rings. The molecule has 1 aromatic carbocycles. The zero-order valence-corrected chi connectivity index (χ0v) is 10.1. The third-order valence-corrected chi connectivity index (χ3v) is 2.76. The minimum atomic E-state index is -4.43. The van der Waals surface area contributed by atoms with Gasteiger partial charge in [0.1, 0.15) is 5.69 Å². The number of hydrogen-bond donors (Lipinski definition) is 1. The van der Waals surface area contributed by atoms with Crippen LogP contribution in [0.4, 0.5) is 13.2 Å². The van der Waals surface area contributed by atoms with E-state index in [4.69, 9.17) is 0 Å². The molecule has 0 aliphatic heterocycles. The number of rotatable bonds is 2. The molecule has 0 amide bonds. The van der Waals surface area contributed by atoms with Crippen LogP contribution in [0.5, 0.6) is 0 Å². The smallest absolute Gasteiger partial charge is 0.389 e. The number of nitrogens with zero attached hydrogens (tertiary/aromatic N) is 1. The van der Waals surface area contributed by atoms with Crippen molar-refractivity contribution in [3.05, 3.63) is 53.9 Å². The highest BCUT2D eigenvalue weighted by atomic mass is 19.4. The van der Waals surface area contributed by atoms with Crippen molar-refractivity contribution in [1.82, 2.24) is 4.98 Å². The predicted octanol–water partition coefficient (Wildman–Crippen LogP) is 3.82. The van der Waals surface area contributed by atoms with Crippen molar-refractivity contribution in [2.24, 2.45) is 0 Å². The van der Waals surface area contributed by atoms with Gasteiger partial charge < -0.3 is 5.11 Å². The van der Waals surface area contributed by atoms with Gasteiger partial charge in [-0.05, 0) is 30.2 Å². The van der Waals surface area contributed by atoms with Gasteiger partial charge in [0.05, 0.1) is 6.10 Å². The topological polar surface area (TPSA) is 33.1 Å². The molecule has 1 aromatic heterocycles. The normalized spacial score (nSPS) is 13.3. The van der Waals surface area contributed by atoms with Gasteiger partial charge in [-0.2, -0.15) is 13.2 Å². The van der Waals surface area contributed by atoms with Gasteiger partial charge in [0.25, 0.3) is 0 Å². The lowest BCUT2D eigenvalue weighted by Gasteiger charge is -2.09. The SMILES string of the molecule is CC(O)c1cccc(-c2ccc(C(F)(F)F)nc2)c1. The van der Waals surface area contributed by atoms with E-state index in [1.807, 2.05) is 0 Å². The molecule has 1 N–H and O–H groups in total. The van der Waals surface area contributed by atoms with E-state index in [0.717, 1.165) is 11.6 Å². The van der Waals surface area contributed by atoms with E-state index in [1.165, 1.54) is 12.3 Å². The van der Waals surface area contributed by atoms with Gasteiger partial charge in [-0.1, -0.05) is 24.3 Å². The summed E-state index contributed by atoms with van der Waals surface area (Å²) in [5.41, 5.74) is 1.09. The summed E-state index contributed by atoms with van der Waals surface area (Å²) in [6.07, 6.45) is -3.87. The van der Waals surface area contributed by atoms with Crippen molar-refractivity contribution in [2.45, 2.75) is 19.2 Å². The molecule has 1 atom stereocenters. The Morgan fingerprint density at radius 1 is 1.11 bits per heavy atom. The van der Waals surface area contributed by atoms with Crippen LogP contribution in [0, 0.1) is 0 Å². The molecule has 1 unspecified atom stereocenters. The van der Waals surface area contributed by atoms with E-state index >= 15 is 0 Å². The lowest BCUT2D eigenvalue weighted by Crippen LogP contribution is -2.07. The van der Waals surface area contributed by atoms with Crippen molar-refractivity contribution in [3.8, 4) is 11.1 Å². The fourth-order valence-corrected chi connectivity index (χ4v) is 1.71. The van der Waals surface area contributed by atoms with Crippen molar-refractivity contribution in [1.29, 1.82) is 0 Å². The second-order valence-corrected chi connectivity index (χ2v) is 4.23. The lowest BCUT2D eigenvalue weighted by molar-refractivity contribution is -0.141. The Kier molecular flexibility index (Phi) is 3.57. The van der Waals surface area contributed by atoms with Crippen LogP contribution >= 0.6 is 0 Å². The molecule has 19 heavy (non-hydrogen) atoms. The van der Waals surface area contributed by atoms with Crippen molar-refractivity contribution in [3.63, 3.8) is 0 Å². The second-order valence-electron chi connectivity index (χ2n) is 4.23. The van der Waals surface area contributed by atoms with E-state index in [9.17, 15) is 18.3 Å². The Morgan fingerprint density at radius 2 is 1.84 bits per heavy atom. The van der Waals surface area contributed by atoms with E-state index in [2.05, 4.69) is 4.98 Å². The molecule has 2 aromatic rings. The standard InChI is InChI=1S/C14H12F3NO/c1-9(19)10-3-2-4-11(7-10)12-5-6-13(18-8-12)14(15,16)17/h2-9,19H,1H3. The van der Waals surface area contributed by atoms with Gasteiger partial charge in [0.2, 0.25) is 0 Å². The molecular weight excluding hydrogens is 255 g/mol. The summed E-state index contributed by atoms with van der Waals surface area (Å²) >= 11 is 0. The molecule has 5 heteroatoms. The van der Waals surface area contributed by atoms with Crippen molar-refractivity contribution in [2.75, 3.05) is 0 Å². The molecule has 0 saturated carbocycles. The number of hydrogen-bond acceptors (Lipinski definition) is 2. The van der Waals surface area contributed by atoms with Crippen LogP contribution in [0.3, 0.4) is 0 Å². The fourth-order valence-electron chi connectivity index (χ4n) is 1.71. The minimum absolute atomic E-state index is 0.579. The van der Waals surface area contributed by atoms with Crippen molar-refractivity contribution >= 4 is 0 Å². The van der Waals surface area contributed by atoms with E-state index in [-0.39, 0.29) is 0 Å². The molecule has 1 heterocycles. The number of aliphatic hydroxyl groups is 1. The molecule has 0 radical (unpaired) electrons. The Bertz CT molecular complexity index is 562. The van der Waals surface area contributed by atoms with Gasteiger partial charge in [-0.25, -0.2) is 0 Å². The first-order valence-electron chi connectivity index (χ1n) is 5.69. The van der Waals surface area contributed by atoms with Gasteiger partial charge >= 0.3 is 6.18 Å². The highest BCUT2D eigenvalue weighted by Gasteiger charge is 2.32. The Morgan fingerprint density at radius 3 is 2.37 bits per heavy atom. The second kappa shape index (κ2) is 5.01. The number of alkyl halides is 3. The third-order valence-electron chi connectivity index (χ3n) is 2.76. The van der Waals surface area contributed by atoms with E-state index in [0.29, 0.717) is 11.1 Å². The van der Waals surface area contributed by atoms with Crippen LogP contribution in [-0.4, -0.2) is 10.1 Å². The predicted molar refractivity (Wildman–Crippen MR) is 65.3 cm³/mol. The van der Waals surface area contributed by atoms with Crippen LogP contribution in [0.1, 0.15) is 24.3 Å². The van der Waals surface area contributed by atoms with E-state index < -0.39 is 18.0 Å². The Labute approximate surface area is 108 Å². The first-order valence-corrected chi connectivity index (χ1v) is 5.69. The number of halogens is 3. The number of pyridine rings is 1. The summed E-state index contributed by atoms with van der Waals surface area (Å²) in [6.45, 7) is 1.63. The largest absolute Gasteiger partial charge is 0.433 e. The van der Waals surface area contributed by atoms with Gasteiger partial charge in [0.15, 0.2) is 0 Å². The Hall–Kier alpha value is -1.88. The molecule has 0 saturated heterocycles. The first-order chi connectivity index (χ1) is 8.88. The minimum Gasteiger partial charge on any atom is -0.389 e. The third kappa shape index (κ3) is 3.12. The van der Waals surface area contributed by atoms with Crippen molar-refractivity contribution < 1.29 is 18.3 Å². The Balaban J connectivity index is 2.35. The van der Waals surface area contributed by atoms with Crippen LogP contribution in [-0.2, 0) is 6.18 Å². The summed E-state index contributed by atoms with van der Waals surface area (Å²) in [5.74, 6) is 0. The van der Waals surface area contributed by atoms with Gasteiger partial charge in [-0.3, -0.25) is 4.98 Å². The highest BCUT2D eigenvalue weighted by molar-refractivity contribution is 5.63. The first kappa shape index (κ1) is 13.5. The highest BCUT2D eigenvalue weighted by Crippen LogP contribution is 2.29. The summed E-state index contributed by atoms with van der Waals surface area (Å²) < 4.78 is 37.2. The average molecular weight is 267 g/mol. The fraction of sp³-hybridized carbons (Fsp3) is 0.214. The van der Waals surface area contributed by atoms with E-state index in [1.54, 1.807) is 31.2 Å². The van der Waals surface area contributed by atoms with Crippen LogP contribution < -0.4 is 0 Å². The molecular formula is C14H12F3NO. The van der Waals surface area contributed by atoms with Gasteiger partial charge in [0, 0.05) is 11.8 Å². The monoisotopic (exact) mass is 267 g/mol. The summed E-state index contributed by atoms with van der Waals surface area (Å²) in [4.78, 5) is 3.41. The zero-order chi connectivity index (χ0) is 14.0. The number of aliphatic hydroxyl groups excluding tert-OH is 1. The molecule has 0 spiro atoms. The van der Waals surface area contributed by atoms with Crippen LogP contribution in [0.25, 0.3) is 11.1 Å². The summed E-state index contributed by atoms with van der Waals surface area (Å²) in [6, 6.07) is 9.31. The van der Waals surface area contributed by atoms with Crippen LogP contribution in [0.2, 0.25) is 0 Å². The molecule has 100 valence electrons. The summed E-state index contributed by atoms with van der Waals surface area (Å²) in [5, 5.41) is 9.48. The van der Waals surface area contributed by atoms with Gasteiger partial charge in [-0.15, -0.1) is 0 Å². The maximum Gasteiger partial charge on any atom is 0.433 e. The average Bonchev–Trinajstić information content (AvgIpc) is 2.38. The molecule has 2 rings (SSSR count). The number of aromatic nitrogens is 1. The maximum atomic E-state index is 12.4. The quantitative estimate of drug-likeness (QED) is 0.897. The zero-order valence-electron chi connectivity index (χ0n) is 10.1. The lowest BCUT2D eigenvalue weighted by atomic mass is 10.0.